The van der Waals surface area contributed by atoms with E-state index in [0.717, 1.165) is 0 Å². The molecule has 0 spiro atoms. The van der Waals surface area contributed by atoms with Crippen LogP contribution in [-0.2, 0) is 4.79 Å². The second kappa shape index (κ2) is 8.07. The van der Waals surface area contributed by atoms with Crippen molar-refractivity contribution < 1.29 is 9.59 Å². The SMILES string of the molecule is O=C(CCC(=O)N1CCN(c2ncccn2)CC1)c1ccccc1Cl. The number of piperazine rings is 1. The Balaban J connectivity index is 1.48. The van der Waals surface area contributed by atoms with Gasteiger partial charge in [-0.15, -0.1) is 0 Å². The summed E-state index contributed by atoms with van der Waals surface area (Å²) in [4.78, 5) is 36.9. The third kappa shape index (κ3) is 4.33. The van der Waals surface area contributed by atoms with Crippen molar-refractivity contribution >= 4 is 29.2 Å². The van der Waals surface area contributed by atoms with Gasteiger partial charge < -0.3 is 9.80 Å². The third-order valence-corrected chi connectivity index (χ3v) is 4.54. The molecule has 2 heterocycles. The third-order valence-electron chi connectivity index (χ3n) is 4.21. The van der Waals surface area contributed by atoms with Crippen molar-refractivity contribution in [3.63, 3.8) is 0 Å². The van der Waals surface area contributed by atoms with Crippen molar-refractivity contribution in [2.24, 2.45) is 0 Å². The molecule has 0 saturated carbocycles. The van der Waals surface area contributed by atoms with E-state index in [0.29, 0.717) is 42.7 Å². The van der Waals surface area contributed by atoms with E-state index in [-0.39, 0.29) is 24.5 Å². The summed E-state index contributed by atoms with van der Waals surface area (Å²) in [5, 5.41) is 0.427. The molecule has 0 aliphatic carbocycles. The summed E-state index contributed by atoms with van der Waals surface area (Å²) in [6.45, 7) is 2.59. The van der Waals surface area contributed by atoms with E-state index in [1.165, 1.54) is 0 Å². The topological polar surface area (TPSA) is 66.4 Å². The van der Waals surface area contributed by atoms with Crippen molar-refractivity contribution in [3.8, 4) is 0 Å². The fourth-order valence-electron chi connectivity index (χ4n) is 2.81. The molecule has 25 heavy (non-hydrogen) atoms. The number of halogens is 1. The number of hydrogen-bond donors (Lipinski definition) is 0. The molecule has 6 nitrogen and oxygen atoms in total. The summed E-state index contributed by atoms with van der Waals surface area (Å²) in [6, 6.07) is 8.69. The molecule has 1 aromatic heterocycles. The monoisotopic (exact) mass is 358 g/mol. The Morgan fingerprint density at radius 3 is 2.32 bits per heavy atom. The number of nitrogens with zero attached hydrogens (tertiary/aromatic N) is 4. The largest absolute Gasteiger partial charge is 0.339 e. The zero-order valence-corrected chi connectivity index (χ0v) is 14.5. The Morgan fingerprint density at radius 1 is 0.960 bits per heavy atom. The average molecular weight is 359 g/mol. The van der Waals surface area contributed by atoms with Crippen molar-refractivity contribution in [2.75, 3.05) is 31.1 Å². The van der Waals surface area contributed by atoms with Crippen LogP contribution in [0.3, 0.4) is 0 Å². The van der Waals surface area contributed by atoms with Crippen LogP contribution < -0.4 is 4.90 Å². The van der Waals surface area contributed by atoms with Gasteiger partial charge in [0.25, 0.3) is 0 Å². The van der Waals surface area contributed by atoms with Crippen LogP contribution in [-0.4, -0.2) is 52.7 Å². The number of ketones is 1. The molecule has 1 amide bonds. The molecule has 1 saturated heterocycles. The standard InChI is InChI=1S/C18H19ClN4O2/c19-15-5-2-1-4-14(15)16(24)6-7-17(25)22-10-12-23(13-11-22)18-20-8-3-9-21-18/h1-5,8-9H,6-7,10-13H2. The molecule has 7 heteroatoms. The second-order valence-corrected chi connectivity index (χ2v) is 6.23. The Morgan fingerprint density at radius 2 is 1.64 bits per heavy atom. The molecule has 3 rings (SSSR count). The molecule has 0 unspecified atom stereocenters. The molecule has 1 aromatic carbocycles. The number of rotatable bonds is 5. The van der Waals surface area contributed by atoms with Gasteiger partial charge in [0.15, 0.2) is 5.78 Å². The molecule has 1 fully saturated rings. The van der Waals surface area contributed by atoms with Crippen molar-refractivity contribution in [2.45, 2.75) is 12.8 Å². The minimum atomic E-state index is -0.102. The van der Waals surface area contributed by atoms with Crippen LogP contribution in [0.4, 0.5) is 5.95 Å². The molecule has 1 aliphatic rings. The molecule has 130 valence electrons. The van der Waals surface area contributed by atoms with Gasteiger partial charge in [0, 0.05) is 57.0 Å². The molecule has 2 aromatic rings. The lowest BCUT2D eigenvalue weighted by Gasteiger charge is -2.34. The fourth-order valence-corrected chi connectivity index (χ4v) is 3.05. The lowest BCUT2D eigenvalue weighted by Crippen LogP contribution is -2.49. The first-order valence-electron chi connectivity index (χ1n) is 8.22. The van der Waals surface area contributed by atoms with E-state index in [9.17, 15) is 9.59 Å². The van der Waals surface area contributed by atoms with Gasteiger partial charge in [-0.3, -0.25) is 9.59 Å². The number of benzene rings is 1. The maximum Gasteiger partial charge on any atom is 0.225 e. The summed E-state index contributed by atoms with van der Waals surface area (Å²) in [5.41, 5.74) is 0.475. The molecule has 1 aliphatic heterocycles. The van der Waals surface area contributed by atoms with Crippen LogP contribution >= 0.6 is 11.6 Å². The Kier molecular flexibility index (Phi) is 5.60. The molecule has 0 bridgehead atoms. The van der Waals surface area contributed by atoms with Crippen LogP contribution in [0.1, 0.15) is 23.2 Å². The Labute approximate surface area is 151 Å². The zero-order valence-electron chi connectivity index (χ0n) is 13.8. The number of carbonyl (C=O) groups is 2. The highest BCUT2D eigenvalue weighted by atomic mass is 35.5. The van der Waals surface area contributed by atoms with E-state index in [4.69, 9.17) is 11.6 Å². The van der Waals surface area contributed by atoms with Gasteiger partial charge in [0.2, 0.25) is 11.9 Å². The lowest BCUT2D eigenvalue weighted by molar-refractivity contribution is -0.131. The van der Waals surface area contributed by atoms with Crippen LogP contribution in [0.2, 0.25) is 5.02 Å². The summed E-state index contributed by atoms with van der Waals surface area (Å²) in [7, 11) is 0. The highest BCUT2D eigenvalue weighted by Gasteiger charge is 2.23. The predicted octanol–water partition coefficient (Wildman–Crippen LogP) is 2.44. The van der Waals surface area contributed by atoms with Gasteiger partial charge in [-0.25, -0.2) is 9.97 Å². The van der Waals surface area contributed by atoms with Crippen molar-refractivity contribution in [1.29, 1.82) is 0 Å². The van der Waals surface area contributed by atoms with Gasteiger partial charge in [-0.05, 0) is 18.2 Å². The average Bonchev–Trinajstić information content (AvgIpc) is 2.67. The maximum absolute atomic E-state index is 12.4. The Hall–Kier alpha value is -2.47. The normalized spacial score (nSPS) is 14.4. The molecule has 0 N–H and O–H groups in total. The minimum Gasteiger partial charge on any atom is -0.339 e. The summed E-state index contributed by atoms with van der Waals surface area (Å²) >= 11 is 6.02. The Bertz CT molecular complexity index is 746. The first-order valence-corrected chi connectivity index (χ1v) is 8.60. The minimum absolute atomic E-state index is 0.00552. The van der Waals surface area contributed by atoms with E-state index < -0.39 is 0 Å². The van der Waals surface area contributed by atoms with Crippen LogP contribution in [0, 0.1) is 0 Å². The maximum atomic E-state index is 12.4. The zero-order chi connectivity index (χ0) is 17.6. The van der Waals surface area contributed by atoms with E-state index in [2.05, 4.69) is 14.9 Å². The van der Waals surface area contributed by atoms with Gasteiger partial charge in [-0.1, -0.05) is 23.7 Å². The van der Waals surface area contributed by atoms with Gasteiger partial charge >= 0.3 is 0 Å². The molecule has 0 atom stereocenters. The van der Waals surface area contributed by atoms with Crippen molar-refractivity contribution in [3.05, 3.63) is 53.3 Å². The number of anilines is 1. The summed E-state index contributed by atoms with van der Waals surface area (Å²) in [5.74, 6) is 0.577. The summed E-state index contributed by atoms with van der Waals surface area (Å²) < 4.78 is 0. The van der Waals surface area contributed by atoms with Crippen LogP contribution in [0.5, 0.6) is 0 Å². The number of hydrogen-bond acceptors (Lipinski definition) is 5. The quantitative estimate of drug-likeness (QED) is 0.768. The lowest BCUT2D eigenvalue weighted by atomic mass is 10.1. The predicted molar refractivity (Wildman–Crippen MR) is 95.8 cm³/mol. The van der Waals surface area contributed by atoms with Crippen molar-refractivity contribution in [1.82, 2.24) is 14.9 Å². The smallest absolute Gasteiger partial charge is 0.225 e. The highest BCUT2D eigenvalue weighted by Crippen LogP contribution is 2.18. The molecular formula is C18H19ClN4O2. The van der Waals surface area contributed by atoms with E-state index >= 15 is 0 Å². The number of Topliss-reactive ketones (excluding diaryl/α,β-unsaturated/α-hetero) is 1. The number of amides is 1. The fraction of sp³-hybridized carbons (Fsp3) is 0.333. The van der Waals surface area contributed by atoms with E-state index in [1.807, 2.05) is 0 Å². The van der Waals surface area contributed by atoms with Crippen LogP contribution in [0.25, 0.3) is 0 Å². The van der Waals surface area contributed by atoms with Crippen LogP contribution in [0.15, 0.2) is 42.7 Å². The second-order valence-electron chi connectivity index (χ2n) is 5.82. The number of aromatic nitrogens is 2. The van der Waals surface area contributed by atoms with Gasteiger partial charge in [0.1, 0.15) is 0 Å². The molecule has 0 radical (unpaired) electrons. The first kappa shape index (κ1) is 17.4. The van der Waals surface area contributed by atoms with E-state index in [1.54, 1.807) is 47.6 Å². The van der Waals surface area contributed by atoms with Gasteiger partial charge in [0.05, 0.1) is 5.02 Å². The molecular weight excluding hydrogens is 340 g/mol. The van der Waals surface area contributed by atoms with Gasteiger partial charge in [-0.2, -0.15) is 0 Å². The number of carbonyl (C=O) groups excluding carboxylic acids is 2. The first-order chi connectivity index (χ1) is 12.1. The highest BCUT2D eigenvalue weighted by molar-refractivity contribution is 6.34. The summed E-state index contributed by atoms with van der Waals surface area (Å²) in [6.07, 6.45) is 3.79.